The SMILES string of the molecule is Cc1ccc(C)c2c(C(=O)C3CCCN3)c[nH]c12. The predicted molar refractivity (Wildman–Crippen MR) is 73.1 cm³/mol. The zero-order valence-corrected chi connectivity index (χ0v) is 10.8. The number of rotatable bonds is 2. The fourth-order valence-electron chi connectivity index (χ4n) is 2.85. The fourth-order valence-corrected chi connectivity index (χ4v) is 2.85. The van der Waals surface area contributed by atoms with Gasteiger partial charge in [-0.05, 0) is 44.4 Å². The Balaban J connectivity index is 2.12. The van der Waals surface area contributed by atoms with Crippen molar-refractivity contribution in [2.45, 2.75) is 32.7 Å². The number of ketones is 1. The van der Waals surface area contributed by atoms with Gasteiger partial charge in [-0.2, -0.15) is 0 Å². The van der Waals surface area contributed by atoms with E-state index in [0.29, 0.717) is 0 Å². The average Bonchev–Trinajstić information content (AvgIpc) is 3.01. The second kappa shape index (κ2) is 4.25. The van der Waals surface area contributed by atoms with Gasteiger partial charge in [0.15, 0.2) is 5.78 Å². The highest BCUT2D eigenvalue weighted by Gasteiger charge is 2.25. The van der Waals surface area contributed by atoms with E-state index in [-0.39, 0.29) is 11.8 Å². The first-order valence-corrected chi connectivity index (χ1v) is 6.53. The van der Waals surface area contributed by atoms with Crippen molar-refractivity contribution in [1.29, 1.82) is 0 Å². The van der Waals surface area contributed by atoms with Crippen molar-refractivity contribution in [2.24, 2.45) is 0 Å². The van der Waals surface area contributed by atoms with Crippen LogP contribution in [-0.2, 0) is 0 Å². The smallest absolute Gasteiger partial charge is 0.181 e. The Hall–Kier alpha value is -1.61. The minimum absolute atomic E-state index is 0.00362. The molecule has 0 radical (unpaired) electrons. The van der Waals surface area contributed by atoms with Crippen LogP contribution < -0.4 is 5.32 Å². The van der Waals surface area contributed by atoms with Crippen molar-refractivity contribution in [2.75, 3.05) is 6.54 Å². The van der Waals surface area contributed by atoms with Gasteiger partial charge in [0.2, 0.25) is 0 Å². The van der Waals surface area contributed by atoms with Crippen LogP contribution in [0.15, 0.2) is 18.3 Å². The molecule has 0 bridgehead atoms. The average molecular weight is 242 g/mol. The van der Waals surface area contributed by atoms with Gasteiger partial charge in [0.1, 0.15) is 0 Å². The molecule has 1 fully saturated rings. The molecule has 2 aromatic rings. The summed E-state index contributed by atoms with van der Waals surface area (Å²) in [5.41, 5.74) is 4.29. The van der Waals surface area contributed by atoms with Crippen LogP contribution in [0.2, 0.25) is 0 Å². The maximum absolute atomic E-state index is 12.5. The number of fused-ring (bicyclic) bond motifs is 1. The molecular formula is C15H18N2O. The number of hydrogen-bond donors (Lipinski definition) is 2. The minimum atomic E-state index is 0.00362. The molecule has 0 saturated carbocycles. The van der Waals surface area contributed by atoms with Crippen LogP contribution in [0.25, 0.3) is 10.9 Å². The van der Waals surface area contributed by atoms with E-state index in [1.807, 2.05) is 6.20 Å². The quantitative estimate of drug-likeness (QED) is 0.795. The Kier molecular flexibility index (Phi) is 2.71. The molecule has 0 aliphatic carbocycles. The van der Waals surface area contributed by atoms with Crippen LogP contribution in [0.1, 0.15) is 34.3 Å². The molecule has 1 aliphatic heterocycles. The Labute approximate surface area is 107 Å². The van der Waals surface area contributed by atoms with E-state index in [0.717, 1.165) is 41.4 Å². The third-order valence-corrected chi connectivity index (χ3v) is 3.89. The molecule has 2 N–H and O–H groups in total. The van der Waals surface area contributed by atoms with Crippen molar-refractivity contribution < 1.29 is 4.79 Å². The molecule has 1 aromatic carbocycles. The van der Waals surface area contributed by atoms with Crippen LogP contribution in [0, 0.1) is 13.8 Å². The van der Waals surface area contributed by atoms with Gasteiger partial charge in [-0.15, -0.1) is 0 Å². The zero-order valence-electron chi connectivity index (χ0n) is 10.8. The molecular weight excluding hydrogens is 224 g/mol. The zero-order chi connectivity index (χ0) is 12.7. The third-order valence-electron chi connectivity index (χ3n) is 3.89. The fraction of sp³-hybridized carbons (Fsp3) is 0.400. The van der Waals surface area contributed by atoms with Gasteiger partial charge in [0, 0.05) is 22.7 Å². The summed E-state index contributed by atoms with van der Waals surface area (Å²) < 4.78 is 0. The van der Waals surface area contributed by atoms with Crippen LogP contribution in [0.3, 0.4) is 0 Å². The highest BCUT2D eigenvalue weighted by molar-refractivity contribution is 6.11. The molecule has 1 aliphatic rings. The van der Waals surface area contributed by atoms with Crippen LogP contribution >= 0.6 is 0 Å². The van der Waals surface area contributed by atoms with Crippen molar-refractivity contribution in [3.63, 3.8) is 0 Å². The molecule has 3 heteroatoms. The van der Waals surface area contributed by atoms with E-state index in [2.05, 4.69) is 36.3 Å². The predicted octanol–water partition coefficient (Wildman–Crippen LogP) is 2.72. The monoisotopic (exact) mass is 242 g/mol. The minimum Gasteiger partial charge on any atom is -0.360 e. The molecule has 18 heavy (non-hydrogen) atoms. The molecule has 1 aromatic heterocycles. The number of aromatic nitrogens is 1. The summed E-state index contributed by atoms with van der Waals surface area (Å²) in [6, 6.07) is 4.18. The van der Waals surface area contributed by atoms with Gasteiger partial charge in [-0.3, -0.25) is 4.79 Å². The van der Waals surface area contributed by atoms with Gasteiger partial charge >= 0.3 is 0 Å². The molecule has 1 saturated heterocycles. The topological polar surface area (TPSA) is 44.9 Å². The Morgan fingerprint density at radius 3 is 2.78 bits per heavy atom. The molecule has 1 atom stereocenters. The lowest BCUT2D eigenvalue weighted by Gasteiger charge is -2.09. The van der Waals surface area contributed by atoms with Gasteiger partial charge in [-0.1, -0.05) is 12.1 Å². The number of H-pyrrole nitrogens is 1. The standard InChI is InChI=1S/C15H18N2O/c1-9-5-6-10(2)14-13(9)11(8-17-14)15(18)12-4-3-7-16-12/h5-6,8,12,16-17H,3-4,7H2,1-2H3. The summed E-state index contributed by atoms with van der Waals surface area (Å²) in [5.74, 6) is 0.229. The third kappa shape index (κ3) is 1.66. The van der Waals surface area contributed by atoms with E-state index in [9.17, 15) is 4.79 Å². The lowest BCUT2D eigenvalue weighted by Crippen LogP contribution is -2.30. The number of aryl methyl sites for hydroxylation is 2. The number of Topliss-reactive ketones (excluding diaryl/α,β-unsaturated/α-hetero) is 1. The van der Waals surface area contributed by atoms with E-state index < -0.39 is 0 Å². The number of nitrogens with one attached hydrogen (secondary N) is 2. The number of hydrogen-bond acceptors (Lipinski definition) is 2. The molecule has 0 spiro atoms. The number of carbonyl (C=O) groups is 1. The first-order valence-electron chi connectivity index (χ1n) is 6.53. The first kappa shape index (κ1) is 11.5. The summed E-state index contributed by atoms with van der Waals surface area (Å²) in [6.45, 7) is 5.09. The molecule has 2 heterocycles. The van der Waals surface area contributed by atoms with E-state index in [1.165, 1.54) is 5.56 Å². The van der Waals surface area contributed by atoms with E-state index in [4.69, 9.17) is 0 Å². The summed E-state index contributed by atoms with van der Waals surface area (Å²) >= 11 is 0. The van der Waals surface area contributed by atoms with E-state index >= 15 is 0 Å². The molecule has 3 nitrogen and oxygen atoms in total. The highest BCUT2D eigenvalue weighted by Crippen LogP contribution is 2.27. The van der Waals surface area contributed by atoms with Gasteiger partial charge in [0.05, 0.1) is 6.04 Å². The summed E-state index contributed by atoms with van der Waals surface area (Å²) in [4.78, 5) is 15.8. The maximum Gasteiger partial charge on any atom is 0.181 e. The molecule has 94 valence electrons. The van der Waals surface area contributed by atoms with Crippen LogP contribution in [0.4, 0.5) is 0 Å². The number of carbonyl (C=O) groups excluding carboxylic acids is 1. The lowest BCUT2D eigenvalue weighted by atomic mass is 9.98. The molecule has 3 rings (SSSR count). The van der Waals surface area contributed by atoms with Gasteiger partial charge in [-0.25, -0.2) is 0 Å². The van der Waals surface area contributed by atoms with Crippen molar-refractivity contribution in [3.05, 3.63) is 35.0 Å². The molecule has 1 unspecified atom stereocenters. The van der Waals surface area contributed by atoms with Crippen LogP contribution in [-0.4, -0.2) is 23.4 Å². The Morgan fingerprint density at radius 1 is 1.28 bits per heavy atom. The van der Waals surface area contributed by atoms with E-state index in [1.54, 1.807) is 0 Å². The van der Waals surface area contributed by atoms with Crippen LogP contribution in [0.5, 0.6) is 0 Å². The summed E-state index contributed by atoms with van der Waals surface area (Å²) in [6.07, 6.45) is 3.92. The van der Waals surface area contributed by atoms with Crippen molar-refractivity contribution in [3.8, 4) is 0 Å². The van der Waals surface area contributed by atoms with Crippen molar-refractivity contribution >= 4 is 16.7 Å². The van der Waals surface area contributed by atoms with Gasteiger partial charge in [0.25, 0.3) is 0 Å². The second-order valence-electron chi connectivity index (χ2n) is 5.16. The Bertz CT molecular complexity index is 606. The highest BCUT2D eigenvalue weighted by atomic mass is 16.1. The molecule has 0 amide bonds. The second-order valence-corrected chi connectivity index (χ2v) is 5.16. The summed E-state index contributed by atoms with van der Waals surface area (Å²) in [5, 5.41) is 4.37. The normalized spacial score (nSPS) is 19.6. The van der Waals surface area contributed by atoms with Gasteiger partial charge < -0.3 is 10.3 Å². The maximum atomic E-state index is 12.5. The lowest BCUT2D eigenvalue weighted by molar-refractivity contribution is 0.0954. The Morgan fingerprint density at radius 2 is 2.06 bits per heavy atom. The first-order chi connectivity index (χ1) is 8.68. The summed E-state index contributed by atoms with van der Waals surface area (Å²) in [7, 11) is 0. The number of benzene rings is 1. The largest absolute Gasteiger partial charge is 0.360 e. The van der Waals surface area contributed by atoms with Crippen molar-refractivity contribution in [1.82, 2.24) is 10.3 Å². The number of aromatic amines is 1.